The Morgan fingerprint density at radius 3 is 2.74 bits per heavy atom. The van der Waals surface area contributed by atoms with Crippen molar-refractivity contribution in [3.8, 4) is 0 Å². The molecule has 0 bridgehead atoms. The van der Waals surface area contributed by atoms with Crippen molar-refractivity contribution in [2.24, 2.45) is 0 Å². The molecule has 3 N–H and O–H groups in total. The number of benzene rings is 1. The zero-order chi connectivity index (χ0) is 18.6. The minimum absolute atomic E-state index is 0.0999. The summed E-state index contributed by atoms with van der Waals surface area (Å²) in [5.41, 5.74) is 2.07. The van der Waals surface area contributed by atoms with Gasteiger partial charge in [0, 0.05) is 29.6 Å². The van der Waals surface area contributed by atoms with E-state index in [0.29, 0.717) is 11.3 Å². The third-order valence-electron chi connectivity index (χ3n) is 5.17. The quantitative estimate of drug-likeness (QED) is 0.610. The molecule has 6 heteroatoms. The van der Waals surface area contributed by atoms with Gasteiger partial charge in [-0.25, -0.2) is 0 Å². The highest BCUT2D eigenvalue weighted by molar-refractivity contribution is 7.12. The van der Waals surface area contributed by atoms with E-state index in [1.807, 2.05) is 41.9 Å². The summed E-state index contributed by atoms with van der Waals surface area (Å²) in [4.78, 5) is 29.4. The second-order valence-electron chi connectivity index (χ2n) is 7.06. The molecule has 1 saturated carbocycles. The van der Waals surface area contributed by atoms with E-state index in [0.717, 1.165) is 42.1 Å². The van der Waals surface area contributed by atoms with Crippen LogP contribution in [-0.4, -0.2) is 28.9 Å². The van der Waals surface area contributed by atoms with E-state index < -0.39 is 6.04 Å². The molecule has 2 aromatic heterocycles. The molecule has 1 fully saturated rings. The van der Waals surface area contributed by atoms with E-state index >= 15 is 0 Å². The maximum atomic E-state index is 12.9. The van der Waals surface area contributed by atoms with Crippen molar-refractivity contribution in [3.63, 3.8) is 0 Å². The molecule has 5 nitrogen and oxygen atoms in total. The van der Waals surface area contributed by atoms with Crippen LogP contribution in [0.4, 0.5) is 0 Å². The van der Waals surface area contributed by atoms with Crippen molar-refractivity contribution in [2.45, 2.75) is 44.2 Å². The molecule has 2 amide bonds. The predicted molar refractivity (Wildman–Crippen MR) is 108 cm³/mol. The van der Waals surface area contributed by atoms with Crippen molar-refractivity contribution < 1.29 is 9.59 Å². The molecule has 1 aromatic carbocycles. The topological polar surface area (TPSA) is 74.0 Å². The molecule has 4 rings (SSSR count). The van der Waals surface area contributed by atoms with E-state index in [1.165, 1.54) is 11.3 Å². The van der Waals surface area contributed by atoms with Crippen LogP contribution in [0.25, 0.3) is 10.9 Å². The molecular formula is C21H23N3O2S. The zero-order valence-electron chi connectivity index (χ0n) is 15.0. The number of hydrogen-bond acceptors (Lipinski definition) is 3. The molecular weight excluding hydrogens is 358 g/mol. The Morgan fingerprint density at radius 1 is 1.15 bits per heavy atom. The maximum Gasteiger partial charge on any atom is 0.262 e. The number of carbonyl (C=O) groups is 2. The van der Waals surface area contributed by atoms with Crippen LogP contribution in [0.1, 0.15) is 40.9 Å². The van der Waals surface area contributed by atoms with Gasteiger partial charge in [-0.2, -0.15) is 0 Å². The average Bonchev–Trinajstić information content (AvgIpc) is 3.43. The fraction of sp³-hybridized carbons (Fsp3) is 0.333. The van der Waals surface area contributed by atoms with Crippen LogP contribution in [-0.2, 0) is 11.2 Å². The minimum atomic E-state index is -0.598. The highest BCUT2D eigenvalue weighted by Crippen LogP contribution is 2.21. The van der Waals surface area contributed by atoms with E-state index in [9.17, 15) is 9.59 Å². The third-order valence-corrected chi connectivity index (χ3v) is 6.04. The minimum Gasteiger partial charge on any atom is -0.361 e. The van der Waals surface area contributed by atoms with E-state index in [1.54, 1.807) is 6.07 Å². The predicted octanol–water partition coefficient (Wildman–Crippen LogP) is 3.63. The van der Waals surface area contributed by atoms with Crippen molar-refractivity contribution in [2.75, 3.05) is 0 Å². The van der Waals surface area contributed by atoms with Gasteiger partial charge in [-0.1, -0.05) is 37.1 Å². The summed E-state index contributed by atoms with van der Waals surface area (Å²) in [6.45, 7) is 0. The summed E-state index contributed by atoms with van der Waals surface area (Å²) in [7, 11) is 0. The van der Waals surface area contributed by atoms with E-state index in [2.05, 4.69) is 15.6 Å². The Morgan fingerprint density at radius 2 is 1.96 bits per heavy atom. The van der Waals surface area contributed by atoms with Crippen molar-refractivity contribution in [3.05, 3.63) is 58.4 Å². The van der Waals surface area contributed by atoms with Crippen molar-refractivity contribution in [1.82, 2.24) is 15.6 Å². The smallest absolute Gasteiger partial charge is 0.262 e. The first kappa shape index (κ1) is 17.8. The monoisotopic (exact) mass is 381 g/mol. The first-order valence-corrected chi connectivity index (χ1v) is 10.3. The molecule has 140 valence electrons. The Labute approximate surface area is 162 Å². The Kier molecular flexibility index (Phi) is 5.25. The normalized spacial score (nSPS) is 15.7. The van der Waals surface area contributed by atoms with Gasteiger partial charge in [-0.05, 0) is 35.9 Å². The summed E-state index contributed by atoms with van der Waals surface area (Å²) < 4.78 is 0. The van der Waals surface area contributed by atoms with Crippen molar-refractivity contribution >= 4 is 34.1 Å². The van der Waals surface area contributed by atoms with Crippen LogP contribution in [0.2, 0.25) is 0 Å². The summed E-state index contributed by atoms with van der Waals surface area (Å²) in [6, 6.07) is 11.2. The van der Waals surface area contributed by atoms with E-state index in [4.69, 9.17) is 0 Å². The largest absolute Gasteiger partial charge is 0.361 e. The number of amides is 2. The Bertz CT molecular complexity index is 926. The molecule has 2 heterocycles. The molecule has 0 aliphatic heterocycles. The second kappa shape index (κ2) is 7.96. The number of hydrogen-bond donors (Lipinski definition) is 3. The Hall–Kier alpha value is -2.60. The number of rotatable bonds is 6. The zero-order valence-corrected chi connectivity index (χ0v) is 15.9. The van der Waals surface area contributed by atoms with E-state index in [-0.39, 0.29) is 17.9 Å². The second-order valence-corrected chi connectivity index (χ2v) is 8.00. The number of aromatic amines is 1. The lowest BCUT2D eigenvalue weighted by Gasteiger charge is -2.21. The number of para-hydroxylation sites is 1. The van der Waals surface area contributed by atoms with Gasteiger partial charge in [0.2, 0.25) is 5.91 Å². The number of nitrogens with one attached hydrogen (secondary N) is 3. The highest BCUT2D eigenvalue weighted by Gasteiger charge is 2.26. The standard InChI is InChI=1S/C21H23N3O2S/c25-20(23-15-6-1-2-7-15)18(24-21(26)19-10-5-11-27-19)12-14-13-22-17-9-4-3-8-16(14)17/h3-5,8-11,13,15,18,22H,1-2,6-7,12H2,(H,23,25)(H,24,26)/t18-/m1/s1. The molecule has 0 saturated heterocycles. The van der Waals surface area contributed by atoms with Crippen LogP contribution in [0.5, 0.6) is 0 Å². The maximum absolute atomic E-state index is 12.9. The number of H-pyrrole nitrogens is 1. The lowest BCUT2D eigenvalue weighted by Crippen LogP contribution is -2.50. The molecule has 0 radical (unpaired) electrons. The Balaban J connectivity index is 1.54. The van der Waals surface area contributed by atoms with Crippen LogP contribution < -0.4 is 10.6 Å². The molecule has 0 unspecified atom stereocenters. The lowest BCUT2D eigenvalue weighted by molar-refractivity contribution is -0.123. The lowest BCUT2D eigenvalue weighted by atomic mass is 10.0. The van der Waals surface area contributed by atoms with Gasteiger partial charge in [-0.3, -0.25) is 9.59 Å². The number of fused-ring (bicyclic) bond motifs is 1. The molecule has 1 atom stereocenters. The average molecular weight is 382 g/mol. The van der Waals surface area contributed by atoms with Gasteiger partial charge in [0.1, 0.15) is 6.04 Å². The summed E-state index contributed by atoms with van der Waals surface area (Å²) >= 11 is 1.38. The van der Waals surface area contributed by atoms with Crippen LogP contribution >= 0.6 is 11.3 Å². The third kappa shape index (κ3) is 4.06. The van der Waals surface area contributed by atoms with Gasteiger partial charge in [0.15, 0.2) is 0 Å². The fourth-order valence-corrected chi connectivity index (χ4v) is 4.37. The molecule has 1 aliphatic carbocycles. The summed E-state index contributed by atoms with van der Waals surface area (Å²) in [5, 5.41) is 9.02. The van der Waals surface area contributed by atoms with Crippen LogP contribution in [0, 0.1) is 0 Å². The molecule has 0 spiro atoms. The van der Waals surface area contributed by atoms with Gasteiger partial charge in [-0.15, -0.1) is 11.3 Å². The molecule has 27 heavy (non-hydrogen) atoms. The summed E-state index contributed by atoms with van der Waals surface area (Å²) in [6.07, 6.45) is 6.73. The highest BCUT2D eigenvalue weighted by atomic mass is 32.1. The first-order valence-electron chi connectivity index (χ1n) is 9.40. The number of aromatic nitrogens is 1. The van der Waals surface area contributed by atoms with Gasteiger partial charge >= 0.3 is 0 Å². The number of carbonyl (C=O) groups excluding carboxylic acids is 2. The first-order chi connectivity index (χ1) is 13.2. The van der Waals surface area contributed by atoms with Crippen LogP contribution in [0.3, 0.4) is 0 Å². The van der Waals surface area contributed by atoms with Crippen molar-refractivity contribution in [1.29, 1.82) is 0 Å². The van der Waals surface area contributed by atoms with Gasteiger partial charge < -0.3 is 15.6 Å². The summed E-state index contributed by atoms with van der Waals surface area (Å²) in [5.74, 6) is -0.298. The van der Waals surface area contributed by atoms with Crippen LogP contribution in [0.15, 0.2) is 48.0 Å². The SMILES string of the molecule is O=C(N[C@H](Cc1c[nH]c2ccccc12)C(=O)NC1CCCC1)c1cccs1. The molecule has 3 aromatic rings. The van der Waals surface area contributed by atoms with Gasteiger partial charge in [0.05, 0.1) is 4.88 Å². The van der Waals surface area contributed by atoms with Gasteiger partial charge in [0.25, 0.3) is 5.91 Å². The number of thiophene rings is 1. The molecule has 1 aliphatic rings. The fourth-order valence-electron chi connectivity index (χ4n) is 3.74.